The summed E-state index contributed by atoms with van der Waals surface area (Å²) in [4.78, 5) is 0. The van der Waals surface area contributed by atoms with E-state index in [9.17, 15) is 0 Å². The highest BCUT2D eigenvalue weighted by Gasteiger charge is 2.09. The molecule has 0 aromatic heterocycles. The average Bonchev–Trinajstić information content (AvgIpc) is 2.45. The minimum atomic E-state index is 0.705. The van der Waals surface area contributed by atoms with Crippen LogP contribution in [-0.2, 0) is 11.3 Å². The summed E-state index contributed by atoms with van der Waals surface area (Å²) in [7, 11) is 3.39. The van der Waals surface area contributed by atoms with E-state index in [1.165, 1.54) is 0 Å². The molecule has 1 aromatic carbocycles. The maximum Gasteiger partial charge on any atom is 0.165 e. The second-order valence-electron chi connectivity index (χ2n) is 4.32. The van der Waals surface area contributed by atoms with Gasteiger partial charge in [-0.2, -0.15) is 0 Å². The molecule has 0 amide bonds. The summed E-state index contributed by atoms with van der Waals surface area (Å²) in [6.45, 7) is 5.29. The predicted octanol–water partition coefficient (Wildman–Crippen LogP) is 2.61. The zero-order valence-corrected chi connectivity index (χ0v) is 12.2. The van der Waals surface area contributed by atoms with Gasteiger partial charge in [0.25, 0.3) is 0 Å². The number of hydrogen-bond acceptors (Lipinski definition) is 4. The summed E-state index contributed by atoms with van der Waals surface area (Å²) in [5.41, 5.74) is 1.13. The van der Waals surface area contributed by atoms with E-state index in [0.717, 1.165) is 49.6 Å². The summed E-state index contributed by atoms with van der Waals surface area (Å²) in [6, 6.07) is 5.99. The summed E-state index contributed by atoms with van der Waals surface area (Å²) in [5, 5.41) is 3.39. The normalized spacial score (nSPS) is 10.5. The van der Waals surface area contributed by atoms with Crippen LogP contribution in [-0.4, -0.2) is 34.0 Å². The van der Waals surface area contributed by atoms with E-state index >= 15 is 0 Å². The van der Waals surface area contributed by atoms with Gasteiger partial charge in [-0.05, 0) is 25.5 Å². The van der Waals surface area contributed by atoms with E-state index in [-0.39, 0.29) is 0 Å². The Bertz CT molecular complexity index is 355. The van der Waals surface area contributed by atoms with Crippen molar-refractivity contribution in [3.05, 3.63) is 23.8 Å². The molecule has 108 valence electrons. The first-order valence-corrected chi connectivity index (χ1v) is 6.81. The van der Waals surface area contributed by atoms with Crippen molar-refractivity contribution in [2.45, 2.75) is 26.3 Å². The van der Waals surface area contributed by atoms with Crippen LogP contribution in [0, 0.1) is 0 Å². The van der Waals surface area contributed by atoms with Gasteiger partial charge in [-0.1, -0.05) is 19.1 Å². The fourth-order valence-electron chi connectivity index (χ4n) is 1.79. The lowest BCUT2D eigenvalue weighted by Gasteiger charge is -2.15. The van der Waals surface area contributed by atoms with Crippen LogP contribution in [0.25, 0.3) is 0 Å². The molecule has 0 aliphatic heterocycles. The fraction of sp³-hybridized carbons (Fsp3) is 0.600. The van der Waals surface area contributed by atoms with Crippen LogP contribution in [0.15, 0.2) is 18.2 Å². The molecule has 0 saturated carbocycles. The lowest BCUT2D eigenvalue weighted by molar-refractivity contribution is 0.194. The van der Waals surface area contributed by atoms with Crippen molar-refractivity contribution in [3.8, 4) is 11.5 Å². The molecule has 0 aliphatic rings. The smallest absolute Gasteiger partial charge is 0.165 e. The van der Waals surface area contributed by atoms with Crippen molar-refractivity contribution in [1.82, 2.24) is 5.32 Å². The van der Waals surface area contributed by atoms with Gasteiger partial charge >= 0.3 is 0 Å². The number of benzene rings is 1. The molecule has 0 spiro atoms. The maximum atomic E-state index is 5.80. The van der Waals surface area contributed by atoms with E-state index in [1.807, 2.05) is 12.1 Å². The second kappa shape index (κ2) is 9.64. The van der Waals surface area contributed by atoms with Crippen LogP contribution in [0.1, 0.15) is 25.3 Å². The van der Waals surface area contributed by atoms with Gasteiger partial charge in [0.15, 0.2) is 11.5 Å². The fourth-order valence-corrected chi connectivity index (χ4v) is 1.79. The largest absolute Gasteiger partial charge is 0.493 e. The molecule has 0 bridgehead atoms. The molecule has 1 N–H and O–H groups in total. The summed E-state index contributed by atoms with van der Waals surface area (Å²) in [6.07, 6.45) is 1.99. The molecule has 0 atom stereocenters. The molecule has 1 rings (SSSR count). The third-order valence-electron chi connectivity index (χ3n) is 2.75. The van der Waals surface area contributed by atoms with Crippen LogP contribution >= 0.6 is 0 Å². The topological polar surface area (TPSA) is 39.7 Å². The van der Waals surface area contributed by atoms with E-state index in [1.54, 1.807) is 14.2 Å². The highest BCUT2D eigenvalue weighted by molar-refractivity contribution is 5.46. The maximum absolute atomic E-state index is 5.80. The van der Waals surface area contributed by atoms with Crippen molar-refractivity contribution in [1.29, 1.82) is 0 Å². The van der Waals surface area contributed by atoms with Gasteiger partial charge in [0.05, 0.1) is 13.7 Å². The Balaban J connectivity index is 2.59. The molecular formula is C15H25NO3. The predicted molar refractivity (Wildman–Crippen MR) is 77.0 cm³/mol. The summed E-state index contributed by atoms with van der Waals surface area (Å²) < 4.78 is 16.2. The molecule has 0 unspecified atom stereocenters. The molecular weight excluding hydrogens is 242 g/mol. The third kappa shape index (κ3) is 5.49. The average molecular weight is 267 g/mol. The highest BCUT2D eigenvalue weighted by Crippen LogP contribution is 2.31. The van der Waals surface area contributed by atoms with Gasteiger partial charge in [-0.3, -0.25) is 0 Å². The van der Waals surface area contributed by atoms with Gasteiger partial charge < -0.3 is 19.5 Å². The summed E-state index contributed by atoms with van der Waals surface area (Å²) >= 11 is 0. The first kappa shape index (κ1) is 15.8. The number of rotatable bonds is 10. The van der Waals surface area contributed by atoms with Crippen LogP contribution in [0.2, 0.25) is 0 Å². The lowest BCUT2D eigenvalue weighted by Crippen LogP contribution is -2.17. The Morgan fingerprint density at radius 2 is 2.00 bits per heavy atom. The Kier molecular flexibility index (Phi) is 8.02. The second-order valence-corrected chi connectivity index (χ2v) is 4.32. The molecule has 19 heavy (non-hydrogen) atoms. The van der Waals surface area contributed by atoms with E-state index in [0.29, 0.717) is 6.61 Å². The SMILES string of the molecule is CCCOc1c(CNCCCOC)cccc1OC. The van der Waals surface area contributed by atoms with Gasteiger partial charge in [0, 0.05) is 25.8 Å². The number of methoxy groups -OCH3 is 2. The monoisotopic (exact) mass is 267 g/mol. The van der Waals surface area contributed by atoms with Crippen molar-refractivity contribution < 1.29 is 14.2 Å². The number of para-hydroxylation sites is 1. The molecule has 0 fully saturated rings. The first-order valence-electron chi connectivity index (χ1n) is 6.81. The molecule has 0 heterocycles. The Morgan fingerprint density at radius 3 is 2.68 bits per heavy atom. The third-order valence-corrected chi connectivity index (χ3v) is 2.75. The molecule has 4 heteroatoms. The molecule has 0 aliphatic carbocycles. The van der Waals surface area contributed by atoms with E-state index in [4.69, 9.17) is 14.2 Å². The Labute approximate surface area is 116 Å². The number of ether oxygens (including phenoxy) is 3. The lowest BCUT2D eigenvalue weighted by atomic mass is 10.2. The van der Waals surface area contributed by atoms with Gasteiger partial charge in [0.1, 0.15) is 0 Å². The van der Waals surface area contributed by atoms with Crippen LogP contribution in [0.3, 0.4) is 0 Å². The van der Waals surface area contributed by atoms with Crippen molar-refractivity contribution in [2.24, 2.45) is 0 Å². The van der Waals surface area contributed by atoms with Gasteiger partial charge in [0.2, 0.25) is 0 Å². The molecule has 0 saturated heterocycles. The highest BCUT2D eigenvalue weighted by atomic mass is 16.5. The van der Waals surface area contributed by atoms with E-state index < -0.39 is 0 Å². The van der Waals surface area contributed by atoms with E-state index in [2.05, 4.69) is 18.3 Å². The molecule has 1 aromatic rings. The number of hydrogen-bond donors (Lipinski definition) is 1. The standard InChI is InChI=1S/C15H25NO3/c1-4-10-19-15-13(7-5-8-14(15)18-3)12-16-9-6-11-17-2/h5,7-8,16H,4,6,9-12H2,1-3H3. The number of nitrogens with one attached hydrogen (secondary N) is 1. The Hall–Kier alpha value is -1.26. The van der Waals surface area contributed by atoms with Crippen molar-refractivity contribution in [3.63, 3.8) is 0 Å². The molecule has 0 radical (unpaired) electrons. The minimum absolute atomic E-state index is 0.705. The quantitative estimate of drug-likeness (QED) is 0.661. The first-order chi connectivity index (χ1) is 9.33. The minimum Gasteiger partial charge on any atom is -0.493 e. The summed E-state index contributed by atoms with van der Waals surface area (Å²) in [5.74, 6) is 1.65. The Morgan fingerprint density at radius 1 is 1.16 bits per heavy atom. The van der Waals surface area contributed by atoms with Crippen LogP contribution < -0.4 is 14.8 Å². The molecule has 4 nitrogen and oxygen atoms in total. The van der Waals surface area contributed by atoms with Gasteiger partial charge in [-0.15, -0.1) is 0 Å². The van der Waals surface area contributed by atoms with Crippen molar-refractivity contribution >= 4 is 0 Å². The zero-order valence-electron chi connectivity index (χ0n) is 12.2. The van der Waals surface area contributed by atoms with Crippen LogP contribution in [0.4, 0.5) is 0 Å². The van der Waals surface area contributed by atoms with Gasteiger partial charge in [-0.25, -0.2) is 0 Å². The zero-order chi connectivity index (χ0) is 13.9. The van der Waals surface area contributed by atoms with Crippen molar-refractivity contribution in [2.75, 3.05) is 34.0 Å². The van der Waals surface area contributed by atoms with Crippen LogP contribution in [0.5, 0.6) is 11.5 Å².